The molecule has 1 aromatic rings. The van der Waals surface area contributed by atoms with E-state index in [2.05, 4.69) is 15.6 Å². The van der Waals surface area contributed by atoms with Gasteiger partial charge in [-0.1, -0.05) is 12.1 Å². The maximum atomic E-state index is 12.0. The number of carbonyl (C=O) groups excluding carboxylic acids is 1. The van der Waals surface area contributed by atoms with Gasteiger partial charge < -0.3 is 20.6 Å². The molecular weight excluding hydrogens is 316 g/mol. The van der Waals surface area contributed by atoms with Crippen LogP contribution in [0.25, 0.3) is 0 Å². The molecule has 1 aromatic carbocycles. The van der Waals surface area contributed by atoms with E-state index in [0.717, 1.165) is 43.8 Å². The molecule has 0 heterocycles. The molecule has 1 fully saturated rings. The lowest BCUT2D eigenvalue weighted by molar-refractivity contribution is -0.0236. The molecule has 6 nitrogen and oxygen atoms in total. The van der Waals surface area contributed by atoms with Crippen molar-refractivity contribution >= 4 is 11.9 Å². The van der Waals surface area contributed by atoms with E-state index in [9.17, 15) is 9.90 Å². The van der Waals surface area contributed by atoms with Crippen LogP contribution in [0.4, 0.5) is 0 Å². The molecule has 1 saturated carbocycles. The van der Waals surface area contributed by atoms with E-state index in [1.165, 1.54) is 0 Å². The van der Waals surface area contributed by atoms with Gasteiger partial charge in [-0.2, -0.15) is 0 Å². The monoisotopic (exact) mass is 346 g/mol. The van der Waals surface area contributed by atoms with Gasteiger partial charge in [0.05, 0.1) is 12.1 Å². The van der Waals surface area contributed by atoms with E-state index < -0.39 is 5.60 Å². The second kappa shape index (κ2) is 8.85. The van der Waals surface area contributed by atoms with E-state index in [1.54, 1.807) is 19.0 Å². The van der Waals surface area contributed by atoms with Crippen molar-refractivity contribution in [2.75, 3.05) is 33.7 Å². The summed E-state index contributed by atoms with van der Waals surface area (Å²) in [5.74, 6) is 0.738. The number of carbonyl (C=O) groups is 1. The first-order valence-electron chi connectivity index (χ1n) is 8.99. The minimum atomic E-state index is -0.608. The van der Waals surface area contributed by atoms with E-state index in [-0.39, 0.29) is 5.91 Å². The van der Waals surface area contributed by atoms with Crippen LogP contribution in [0.1, 0.15) is 42.1 Å². The summed E-state index contributed by atoms with van der Waals surface area (Å²) in [7, 11) is 3.51. The van der Waals surface area contributed by atoms with Crippen molar-refractivity contribution in [3.8, 4) is 0 Å². The molecule has 1 amide bonds. The molecule has 0 radical (unpaired) electrons. The minimum Gasteiger partial charge on any atom is -0.388 e. The summed E-state index contributed by atoms with van der Waals surface area (Å²) in [6.45, 7) is 3.95. The number of rotatable bonds is 7. The summed E-state index contributed by atoms with van der Waals surface area (Å²) in [5.41, 5.74) is 1.20. The van der Waals surface area contributed by atoms with Gasteiger partial charge in [0.2, 0.25) is 0 Å². The van der Waals surface area contributed by atoms with Gasteiger partial charge in [0.15, 0.2) is 5.96 Å². The maximum Gasteiger partial charge on any atom is 0.253 e. The van der Waals surface area contributed by atoms with Crippen LogP contribution in [-0.4, -0.2) is 61.2 Å². The van der Waals surface area contributed by atoms with Gasteiger partial charge in [-0.3, -0.25) is 9.79 Å². The molecule has 0 unspecified atom stereocenters. The Morgan fingerprint density at radius 1 is 1.32 bits per heavy atom. The molecule has 0 bridgehead atoms. The molecule has 1 aliphatic carbocycles. The molecule has 0 aliphatic heterocycles. The molecule has 2 rings (SSSR count). The van der Waals surface area contributed by atoms with Crippen LogP contribution in [-0.2, 0) is 6.42 Å². The fraction of sp³-hybridized carbons (Fsp3) is 0.579. The van der Waals surface area contributed by atoms with Crippen molar-refractivity contribution in [3.05, 3.63) is 35.4 Å². The Kier molecular flexibility index (Phi) is 6.82. The van der Waals surface area contributed by atoms with Crippen molar-refractivity contribution < 1.29 is 9.90 Å². The third-order valence-corrected chi connectivity index (χ3v) is 4.45. The lowest BCUT2D eigenvalue weighted by Gasteiger charge is -2.35. The number of amides is 1. The number of hydrogen-bond donors (Lipinski definition) is 3. The summed E-state index contributed by atoms with van der Waals surface area (Å²) >= 11 is 0. The second-order valence-electron chi connectivity index (χ2n) is 6.85. The normalized spacial score (nSPS) is 16.1. The van der Waals surface area contributed by atoms with Gasteiger partial charge in [0.1, 0.15) is 0 Å². The topological polar surface area (TPSA) is 77.0 Å². The fourth-order valence-corrected chi connectivity index (χ4v) is 2.75. The molecule has 0 aromatic heterocycles. The highest BCUT2D eigenvalue weighted by Gasteiger charge is 2.34. The fourth-order valence-electron chi connectivity index (χ4n) is 2.75. The molecule has 25 heavy (non-hydrogen) atoms. The molecule has 0 atom stereocenters. The van der Waals surface area contributed by atoms with Crippen LogP contribution in [0.15, 0.2) is 29.3 Å². The number of hydrogen-bond acceptors (Lipinski definition) is 3. The zero-order chi connectivity index (χ0) is 18.3. The summed E-state index contributed by atoms with van der Waals surface area (Å²) < 4.78 is 0. The third kappa shape index (κ3) is 5.74. The average molecular weight is 346 g/mol. The highest BCUT2D eigenvalue weighted by molar-refractivity contribution is 5.94. The van der Waals surface area contributed by atoms with Crippen LogP contribution in [0.5, 0.6) is 0 Å². The van der Waals surface area contributed by atoms with Crippen LogP contribution in [0.3, 0.4) is 0 Å². The lowest BCUT2D eigenvalue weighted by Crippen LogP contribution is -2.43. The van der Waals surface area contributed by atoms with Gasteiger partial charge in [-0.05, 0) is 50.3 Å². The van der Waals surface area contributed by atoms with E-state index >= 15 is 0 Å². The predicted octanol–water partition coefficient (Wildman–Crippen LogP) is 1.40. The number of aliphatic imine (C=N–C) groups is 1. The second-order valence-corrected chi connectivity index (χ2v) is 6.85. The van der Waals surface area contributed by atoms with E-state index in [4.69, 9.17) is 0 Å². The standard InChI is InChI=1S/C19H30N4O2/c1-4-20-18(22-14-19(25)10-6-11-19)21-12-9-15-7-5-8-16(13-15)17(24)23(2)3/h5,7-8,13,25H,4,6,9-12,14H2,1-3H3,(H2,20,21,22). The highest BCUT2D eigenvalue weighted by atomic mass is 16.3. The molecule has 3 N–H and O–H groups in total. The molecule has 6 heteroatoms. The molecular formula is C19H30N4O2. The largest absolute Gasteiger partial charge is 0.388 e. The minimum absolute atomic E-state index is 0.0125. The maximum absolute atomic E-state index is 12.0. The Balaban J connectivity index is 1.87. The van der Waals surface area contributed by atoms with E-state index in [1.807, 2.05) is 31.2 Å². The van der Waals surface area contributed by atoms with E-state index in [0.29, 0.717) is 18.7 Å². The van der Waals surface area contributed by atoms with Gasteiger partial charge >= 0.3 is 0 Å². The quantitative estimate of drug-likeness (QED) is 0.515. The Morgan fingerprint density at radius 3 is 2.68 bits per heavy atom. The average Bonchev–Trinajstić information content (AvgIpc) is 2.57. The van der Waals surface area contributed by atoms with Crippen molar-refractivity contribution in [2.24, 2.45) is 4.99 Å². The van der Waals surface area contributed by atoms with Gasteiger partial charge in [-0.15, -0.1) is 0 Å². The molecule has 1 aliphatic rings. The molecule has 138 valence electrons. The SMILES string of the molecule is CCNC(=NCC1(O)CCC1)NCCc1cccc(C(=O)N(C)C)c1. The smallest absolute Gasteiger partial charge is 0.253 e. The van der Waals surface area contributed by atoms with Crippen molar-refractivity contribution in [3.63, 3.8) is 0 Å². The first-order chi connectivity index (χ1) is 11.9. The number of nitrogens with one attached hydrogen (secondary N) is 2. The highest BCUT2D eigenvalue weighted by Crippen LogP contribution is 2.31. The summed E-state index contributed by atoms with van der Waals surface area (Å²) in [5, 5.41) is 16.7. The summed E-state index contributed by atoms with van der Waals surface area (Å²) in [4.78, 5) is 18.1. The lowest BCUT2D eigenvalue weighted by atomic mass is 9.80. The first kappa shape index (κ1) is 19.2. The van der Waals surface area contributed by atoms with Gasteiger partial charge in [0.25, 0.3) is 5.91 Å². The zero-order valence-electron chi connectivity index (χ0n) is 15.5. The number of guanidine groups is 1. The van der Waals surface area contributed by atoms with Crippen molar-refractivity contribution in [1.82, 2.24) is 15.5 Å². The number of benzene rings is 1. The summed E-state index contributed by atoms with van der Waals surface area (Å²) in [6, 6.07) is 7.71. The van der Waals surface area contributed by atoms with Gasteiger partial charge in [-0.25, -0.2) is 0 Å². The third-order valence-electron chi connectivity index (χ3n) is 4.45. The van der Waals surface area contributed by atoms with Gasteiger partial charge in [0, 0.05) is 32.7 Å². The summed E-state index contributed by atoms with van der Waals surface area (Å²) in [6.07, 6.45) is 3.55. The van der Waals surface area contributed by atoms with Crippen molar-refractivity contribution in [2.45, 2.75) is 38.2 Å². The zero-order valence-corrected chi connectivity index (χ0v) is 15.5. The Hall–Kier alpha value is -2.08. The Labute approximate surface area is 150 Å². The van der Waals surface area contributed by atoms with Crippen LogP contribution in [0, 0.1) is 0 Å². The predicted molar refractivity (Wildman–Crippen MR) is 101 cm³/mol. The number of aliphatic hydroxyl groups is 1. The van der Waals surface area contributed by atoms with Crippen molar-refractivity contribution in [1.29, 1.82) is 0 Å². The van der Waals surface area contributed by atoms with Crippen LogP contribution >= 0.6 is 0 Å². The molecule has 0 spiro atoms. The Morgan fingerprint density at radius 2 is 2.08 bits per heavy atom. The first-order valence-corrected chi connectivity index (χ1v) is 8.99. The van der Waals surface area contributed by atoms with Crippen LogP contribution in [0.2, 0.25) is 0 Å². The van der Waals surface area contributed by atoms with Crippen LogP contribution < -0.4 is 10.6 Å². The molecule has 0 saturated heterocycles. The Bertz CT molecular complexity index is 609. The number of nitrogens with zero attached hydrogens (tertiary/aromatic N) is 2.